The van der Waals surface area contributed by atoms with E-state index in [0.29, 0.717) is 16.5 Å². The van der Waals surface area contributed by atoms with Crippen LogP contribution in [0, 0.1) is 0 Å². The normalized spacial score (nSPS) is 12.7. The van der Waals surface area contributed by atoms with Gasteiger partial charge < -0.3 is 21.7 Å². The molecule has 0 radical (unpaired) electrons. The third-order valence-electron chi connectivity index (χ3n) is 1.57. The third kappa shape index (κ3) is 3.06. The van der Waals surface area contributed by atoms with Crippen LogP contribution in [0.15, 0.2) is 17.2 Å². The summed E-state index contributed by atoms with van der Waals surface area (Å²) in [5.41, 5.74) is 11.4. The highest BCUT2D eigenvalue weighted by atomic mass is 32.2. The molecule has 0 bridgehead atoms. The van der Waals surface area contributed by atoms with Crippen molar-refractivity contribution in [2.45, 2.75) is 11.1 Å². The first-order chi connectivity index (χ1) is 6.63. The van der Waals surface area contributed by atoms with Crippen molar-refractivity contribution < 1.29 is 10.2 Å². The molecule has 0 aliphatic carbocycles. The van der Waals surface area contributed by atoms with Gasteiger partial charge >= 0.3 is 0 Å². The highest BCUT2D eigenvalue weighted by Crippen LogP contribution is 2.20. The van der Waals surface area contributed by atoms with Gasteiger partial charge in [0.05, 0.1) is 23.4 Å². The predicted octanol–water partition coefficient (Wildman–Crippen LogP) is -0.309. The number of aliphatic hydroxyl groups is 2. The fourth-order valence-electron chi connectivity index (χ4n) is 0.782. The molecule has 1 unspecified atom stereocenters. The van der Waals surface area contributed by atoms with E-state index in [2.05, 4.69) is 4.98 Å². The Hall–Kier alpha value is -0.980. The van der Waals surface area contributed by atoms with Crippen LogP contribution in [0.25, 0.3) is 0 Å². The van der Waals surface area contributed by atoms with Crippen LogP contribution in [-0.2, 0) is 0 Å². The SMILES string of the molecule is Nc1ccc(SCC(O)CO)nc1N. The lowest BCUT2D eigenvalue weighted by molar-refractivity contribution is 0.113. The number of nitrogens with two attached hydrogens (primary N) is 2. The highest BCUT2D eigenvalue weighted by Gasteiger charge is 2.05. The summed E-state index contributed by atoms with van der Waals surface area (Å²) >= 11 is 1.32. The van der Waals surface area contributed by atoms with Gasteiger partial charge in [0.1, 0.15) is 5.82 Å². The Balaban J connectivity index is 2.55. The minimum absolute atomic E-state index is 0.253. The summed E-state index contributed by atoms with van der Waals surface area (Å²) < 4.78 is 0. The largest absolute Gasteiger partial charge is 0.396 e. The van der Waals surface area contributed by atoms with Gasteiger partial charge in [-0.15, -0.1) is 11.8 Å². The van der Waals surface area contributed by atoms with Crippen LogP contribution in [-0.4, -0.2) is 33.7 Å². The fraction of sp³-hybridized carbons (Fsp3) is 0.375. The molecule has 1 heterocycles. The van der Waals surface area contributed by atoms with Gasteiger partial charge in [0, 0.05) is 5.75 Å². The van der Waals surface area contributed by atoms with E-state index in [1.54, 1.807) is 12.1 Å². The maximum absolute atomic E-state index is 9.09. The van der Waals surface area contributed by atoms with Crippen molar-refractivity contribution in [2.75, 3.05) is 23.8 Å². The van der Waals surface area contributed by atoms with Gasteiger partial charge in [-0.1, -0.05) is 0 Å². The minimum atomic E-state index is -0.736. The van der Waals surface area contributed by atoms with Crippen LogP contribution in [0.5, 0.6) is 0 Å². The number of nitrogen functional groups attached to an aromatic ring is 2. The molecular formula is C8H13N3O2S. The number of rotatable bonds is 4. The standard InChI is InChI=1S/C8H13N3O2S/c9-6-1-2-7(11-8(6)10)14-4-5(13)3-12/h1-2,5,12-13H,3-4,9H2,(H2,10,11). The molecule has 0 spiro atoms. The van der Waals surface area contributed by atoms with Crippen LogP contribution in [0.3, 0.4) is 0 Å². The van der Waals surface area contributed by atoms with Gasteiger partial charge in [0.2, 0.25) is 0 Å². The molecule has 0 saturated heterocycles. The smallest absolute Gasteiger partial charge is 0.147 e. The van der Waals surface area contributed by atoms with Crippen molar-refractivity contribution in [1.82, 2.24) is 4.98 Å². The maximum atomic E-state index is 9.09. The number of nitrogens with zero attached hydrogens (tertiary/aromatic N) is 1. The molecule has 1 rings (SSSR count). The molecule has 1 atom stereocenters. The minimum Gasteiger partial charge on any atom is -0.396 e. The first-order valence-corrected chi connectivity index (χ1v) is 5.05. The Morgan fingerprint density at radius 2 is 2.14 bits per heavy atom. The molecule has 6 heteroatoms. The van der Waals surface area contributed by atoms with Crippen LogP contribution in [0.1, 0.15) is 0 Å². The summed E-state index contributed by atoms with van der Waals surface area (Å²) in [6.45, 7) is -0.253. The van der Waals surface area contributed by atoms with E-state index in [-0.39, 0.29) is 12.4 Å². The summed E-state index contributed by atoms with van der Waals surface area (Å²) in [5, 5.41) is 18.4. The second-order valence-corrected chi connectivity index (χ2v) is 3.81. The predicted molar refractivity (Wildman–Crippen MR) is 56.9 cm³/mol. The van der Waals surface area contributed by atoms with Crippen LogP contribution in [0.4, 0.5) is 11.5 Å². The Bertz CT molecular complexity index is 309. The molecule has 1 aromatic heterocycles. The number of hydrogen-bond donors (Lipinski definition) is 4. The third-order valence-corrected chi connectivity index (χ3v) is 2.64. The molecule has 0 fully saturated rings. The van der Waals surface area contributed by atoms with E-state index in [4.69, 9.17) is 21.7 Å². The molecule has 1 aromatic rings. The molecule has 0 aliphatic heterocycles. The number of aliphatic hydroxyl groups excluding tert-OH is 2. The molecular weight excluding hydrogens is 202 g/mol. The number of thioether (sulfide) groups is 1. The van der Waals surface area contributed by atoms with Crippen LogP contribution >= 0.6 is 11.8 Å². The highest BCUT2D eigenvalue weighted by molar-refractivity contribution is 7.99. The lowest BCUT2D eigenvalue weighted by Gasteiger charge is -2.06. The monoisotopic (exact) mass is 215 g/mol. The molecule has 78 valence electrons. The van der Waals surface area contributed by atoms with Crippen molar-refractivity contribution in [1.29, 1.82) is 0 Å². The first kappa shape index (κ1) is 11.1. The molecule has 14 heavy (non-hydrogen) atoms. The van der Waals surface area contributed by atoms with Gasteiger partial charge in [0.25, 0.3) is 0 Å². The van der Waals surface area contributed by atoms with Crippen molar-refractivity contribution in [3.05, 3.63) is 12.1 Å². The zero-order valence-electron chi connectivity index (χ0n) is 7.55. The van der Waals surface area contributed by atoms with Gasteiger partial charge in [0.15, 0.2) is 0 Å². The Morgan fingerprint density at radius 1 is 1.43 bits per heavy atom. The average molecular weight is 215 g/mol. The Morgan fingerprint density at radius 3 is 2.71 bits per heavy atom. The second kappa shape index (κ2) is 5.04. The first-order valence-electron chi connectivity index (χ1n) is 4.07. The van der Waals surface area contributed by atoms with Crippen molar-refractivity contribution in [3.8, 4) is 0 Å². The lowest BCUT2D eigenvalue weighted by Crippen LogP contribution is -2.14. The average Bonchev–Trinajstić information content (AvgIpc) is 2.19. The van der Waals surface area contributed by atoms with E-state index >= 15 is 0 Å². The van der Waals surface area contributed by atoms with E-state index in [1.165, 1.54) is 11.8 Å². The summed E-state index contributed by atoms with van der Waals surface area (Å²) in [4.78, 5) is 4.00. The molecule has 6 N–H and O–H groups in total. The van der Waals surface area contributed by atoms with E-state index in [0.717, 1.165) is 0 Å². The Kier molecular flexibility index (Phi) is 3.99. The second-order valence-electron chi connectivity index (χ2n) is 2.77. The number of aromatic nitrogens is 1. The van der Waals surface area contributed by atoms with E-state index < -0.39 is 6.10 Å². The van der Waals surface area contributed by atoms with Gasteiger partial charge in [-0.05, 0) is 12.1 Å². The summed E-state index contributed by atoms with van der Waals surface area (Å²) in [6, 6.07) is 3.39. The topological polar surface area (TPSA) is 105 Å². The lowest BCUT2D eigenvalue weighted by atomic mass is 10.4. The van der Waals surface area contributed by atoms with Gasteiger partial charge in [-0.25, -0.2) is 4.98 Å². The maximum Gasteiger partial charge on any atom is 0.147 e. The summed E-state index contributed by atoms with van der Waals surface area (Å²) in [5.74, 6) is 0.667. The summed E-state index contributed by atoms with van der Waals surface area (Å²) in [6.07, 6.45) is -0.736. The van der Waals surface area contributed by atoms with Crippen molar-refractivity contribution in [3.63, 3.8) is 0 Å². The Labute approximate surface area is 86.1 Å². The molecule has 0 amide bonds. The number of hydrogen-bond acceptors (Lipinski definition) is 6. The molecule has 0 aromatic carbocycles. The number of pyridine rings is 1. The van der Waals surface area contributed by atoms with Crippen LogP contribution in [0.2, 0.25) is 0 Å². The zero-order valence-corrected chi connectivity index (χ0v) is 8.37. The van der Waals surface area contributed by atoms with Gasteiger partial charge in [-0.2, -0.15) is 0 Å². The van der Waals surface area contributed by atoms with Crippen molar-refractivity contribution in [2.24, 2.45) is 0 Å². The van der Waals surface area contributed by atoms with Crippen molar-refractivity contribution >= 4 is 23.3 Å². The summed E-state index contributed by atoms with van der Waals surface area (Å²) in [7, 11) is 0. The van der Waals surface area contributed by atoms with Crippen LogP contribution < -0.4 is 11.5 Å². The fourth-order valence-corrected chi connectivity index (χ4v) is 1.58. The number of anilines is 2. The van der Waals surface area contributed by atoms with E-state index in [9.17, 15) is 0 Å². The molecule has 0 aliphatic rings. The molecule has 0 saturated carbocycles. The van der Waals surface area contributed by atoms with Gasteiger partial charge in [-0.3, -0.25) is 0 Å². The zero-order chi connectivity index (χ0) is 10.6. The quantitative estimate of drug-likeness (QED) is 0.513. The molecule has 5 nitrogen and oxygen atoms in total. The van der Waals surface area contributed by atoms with E-state index in [1.807, 2.05) is 0 Å².